The highest BCUT2D eigenvalue weighted by atomic mass is 16.6. The average Bonchev–Trinajstić information content (AvgIpc) is 2.44. The molecule has 1 fully saturated rings. The molecule has 1 aromatic rings. The van der Waals surface area contributed by atoms with Crippen molar-refractivity contribution in [1.82, 2.24) is 4.90 Å². The van der Waals surface area contributed by atoms with Gasteiger partial charge in [-0.1, -0.05) is 36.4 Å². The van der Waals surface area contributed by atoms with Gasteiger partial charge < -0.3 is 14.9 Å². The zero-order valence-electron chi connectivity index (χ0n) is 11.0. The lowest BCUT2D eigenvalue weighted by Crippen LogP contribution is -2.58. The van der Waals surface area contributed by atoms with E-state index in [1.54, 1.807) is 6.08 Å². The maximum atomic E-state index is 10.9. The first-order valence-corrected chi connectivity index (χ1v) is 6.60. The van der Waals surface area contributed by atoms with Crippen LogP contribution in [-0.2, 0) is 10.5 Å². The minimum absolute atomic E-state index is 0.0680. The molecule has 2 N–H and O–H groups in total. The lowest BCUT2D eigenvalue weighted by Gasteiger charge is -2.46. The molecular formula is C15H21NO3. The summed E-state index contributed by atoms with van der Waals surface area (Å²) < 4.78 is 5.68. The lowest BCUT2D eigenvalue weighted by atomic mass is 9.92. The third-order valence-corrected chi connectivity index (χ3v) is 3.56. The summed E-state index contributed by atoms with van der Waals surface area (Å²) in [7, 11) is 0. The fraction of sp³-hybridized carbons (Fsp3) is 0.467. The summed E-state index contributed by atoms with van der Waals surface area (Å²) >= 11 is 0. The average molecular weight is 263 g/mol. The molecule has 1 saturated heterocycles. The molecule has 2 atom stereocenters. The van der Waals surface area contributed by atoms with E-state index in [0.29, 0.717) is 26.1 Å². The van der Waals surface area contributed by atoms with Gasteiger partial charge in [-0.2, -0.15) is 0 Å². The van der Waals surface area contributed by atoms with Crippen LogP contribution in [0.2, 0.25) is 0 Å². The third-order valence-electron chi connectivity index (χ3n) is 3.56. The number of β-amino-alcohol motifs (C(OH)–C–C–N with tert-alkyl or cyclic N) is 1. The Kier molecular flexibility index (Phi) is 4.71. The molecule has 2 rings (SSSR count). The fourth-order valence-corrected chi connectivity index (χ4v) is 2.63. The molecule has 0 spiro atoms. The van der Waals surface area contributed by atoms with Crippen LogP contribution in [0.25, 0.3) is 0 Å². The zero-order chi connectivity index (χ0) is 13.7. The summed E-state index contributed by atoms with van der Waals surface area (Å²) in [6, 6.07) is 9.16. The molecule has 0 saturated carbocycles. The normalized spacial score (nSPS) is 28.2. The lowest BCUT2D eigenvalue weighted by molar-refractivity contribution is -0.278. The Hall–Kier alpha value is -1.20. The van der Waals surface area contributed by atoms with Crippen LogP contribution in [0.1, 0.15) is 12.0 Å². The van der Waals surface area contributed by atoms with Crippen LogP contribution >= 0.6 is 0 Å². The van der Waals surface area contributed by atoms with E-state index in [9.17, 15) is 5.11 Å². The molecular weight excluding hydrogens is 242 g/mol. The van der Waals surface area contributed by atoms with E-state index >= 15 is 0 Å². The number of ether oxygens (including phenoxy) is 1. The maximum absolute atomic E-state index is 10.9. The van der Waals surface area contributed by atoms with Gasteiger partial charge in [0.05, 0.1) is 19.3 Å². The van der Waals surface area contributed by atoms with Gasteiger partial charge in [-0.3, -0.25) is 4.90 Å². The summed E-state index contributed by atoms with van der Waals surface area (Å²) in [6.07, 6.45) is 2.38. The first-order valence-electron chi connectivity index (χ1n) is 6.60. The highest BCUT2D eigenvalue weighted by molar-refractivity contribution is 5.23. The Morgan fingerprint density at radius 3 is 2.79 bits per heavy atom. The SMILES string of the molecule is C=CCC1N(CCO)CCOC1(O)c1ccccc1. The number of rotatable bonds is 5. The summed E-state index contributed by atoms with van der Waals surface area (Å²) in [4.78, 5) is 2.05. The summed E-state index contributed by atoms with van der Waals surface area (Å²) in [5, 5.41) is 20.1. The summed E-state index contributed by atoms with van der Waals surface area (Å²) in [5.41, 5.74) is 0.740. The number of morpholine rings is 1. The van der Waals surface area contributed by atoms with Crippen molar-refractivity contribution in [3.8, 4) is 0 Å². The maximum Gasteiger partial charge on any atom is 0.208 e. The molecule has 0 amide bonds. The highest BCUT2D eigenvalue weighted by Crippen LogP contribution is 2.34. The first kappa shape index (κ1) is 14.2. The Morgan fingerprint density at radius 2 is 2.16 bits per heavy atom. The highest BCUT2D eigenvalue weighted by Gasteiger charge is 2.45. The number of aliphatic hydroxyl groups is 2. The molecule has 4 heteroatoms. The first-order chi connectivity index (χ1) is 9.22. The Bertz CT molecular complexity index is 407. The van der Waals surface area contributed by atoms with Crippen LogP contribution in [0.15, 0.2) is 43.0 Å². The zero-order valence-corrected chi connectivity index (χ0v) is 11.0. The summed E-state index contributed by atoms with van der Waals surface area (Å²) in [5.74, 6) is -1.34. The van der Waals surface area contributed by atoms with Gasteiger partial charge in [-0.25, -0.2) is 0 Å². The minimum Gasteiger partial charge on any atom is -0.395 e. The van der Waals surface area contributed by atoms with Crippen molar-refractivity contribution in [3.05, 3.63) is 48.6 Å². The number of aliphatic hydroxyl groups excluding tert-OH is 1. The standard InChI is InChI=1S/C15H21NO3/c1-2-6-14-15(18,13-7-4-3-5-8-13)19-12-10-16(14)9-11-17/h2-5,7-8,14,17-18H,1,6,9-12H2. The topological polar surface area (TPSA) is 52.9 Å². The molecule has 1 aromatic carbocycles. The van der Waals surface area contributed by atoms with Gasteiger partial charge in [-0.15, -0.1) is 6.58 Å². The van der Waals surface area contributed by atoms with E-state index in [1.807, 2.05) is 30.3 Å². The fourth-order valence-electron chi connectivity index (χ4n) is 2.63. The smallest absolute Gasteiger partial charge is 0.208 e. The molecule has 4 nitrogen and oxygen atoms in total. The number of benzene rings is 1. The van der Waals surface area contributed by atoms with Crippen molar-refractivity contribution in [2.45, 2.75) is 18.2 Å². The predicted molar refractivity (Wildman–Crippen MR) is 73.6 cm³/mol. The van der Waals surface area contributed by atoms with Crippen LogP contribution in [-0.4, -0.2) is 47.5 Å². The molecule has 104 valence electrons. The van der Waals surface area contributed by atoms with E-state index in [1.165, 1.54) is 0 Å². The van der Waals surface area contributed by atoms with Gasteiger partial charge in [0, 0.05) is 18.7 Å². The van der Waals surface area contributed by atoms with Crippen molar-refractivity contribution in [2.75, 3.05) is 26.3 Å². The van der Waals surface area contributed by atoms with E-state index in [-0.39, 0.29) is 12.6 Å². The number of hydrogen-bond donors (Lipinski definition) is 2. The third kappa shape index (κ3) is 2.87. The second-order valence-electron chi connectivity index (χ2n) is 4.71. The van der Waals surface area contributed by atoms with Gasteiger partial charge in [0.1, 0.15) is 0 Å². The Morgan fingerprint density at radius 1 is 1.42 bits per heavy atom. The predicted octanol–water partition coefficient (Wildman–Crippen LogP) is 1.10. The number of nitrogens with zero attached hydrogens (tertiary/aromatic N) is 1. The van der Waals surface area contributed by atoms with E-state index in [2.05, 4.69) is 11.5 Å². The Labute approximate surface area is 113 Å². The van der Waals surface area contributed by atoms with E-state index in [4.69, 9.17) is 9.84 Å². The molecule has 1 aliphatic rings. The minimum atomic E-state index is -1.34. The van der Waals surface area contributed by atoms with Crippen molar-refractivity contribution in [3.63, 3.8) is 0 Å². The van der Waals surface area contributed by atoms with Crippen LogP contribution in [0.3, 0.4) is 0 Å². The van der Waals surface area contributed by atoms with Gasteiger partial charge in [0.2, 0.25) is 5.79 Å². The second-order valence-corrected chi connectivity index (χ2v) is 4.71. The van der Waals surface area contributed by atoms with Gasteiger partial charge in [-0.05, 0) is 6.42 Å². The quantitative estimate of drug-likeness (QED) is 0.781. The van der Waals surface area contributed by atoms with Gasteiger partial charge in [0.25, 0.3) is 0 Å². The van der Waals surface area contributed by atoms with E-state index in [0.717, 1.165) is 5.56 Å². The Balaban J connectivity index is 2.32. The van der Waals surface area contributed by atoms with Crippen LogP contribution in [0.5, 0.6) is 0 Å². The molecule has 1 heterocycles. The molecule has 0 radical (unpaired) electrons. The van der Waals surface area contributed by atoms with Crippen LogP contribution in [0, 0.1) is 0 Å². The van der Waals surface area contributed by atoms with Crippen molar-refractivity contribution in [2.24, 2.45) is 0 Å². The second kappa shape index (κ2) is 6.30. The van der Waals surface area contributed by atoms with Crippen molar-refractivity contribution >= 4 is 0 Å². The van der Waals surface area contributed by atoms with Gasteiger partial charge >= 0.3 is 0 Å². The molecule has 2 unspecified atom stereocenters. The van der Waals surface area contributed by atoms with Gasteiger partial charge in [0.15, 0.2) is 0 Å². The van der Waals surface area contributed by atoms with Crippen molar-refractivity contribution in [1.29, 1.82) is 0 Å². The number of hydrogen-bond acceptors (Lipinski definition) is 4. The molecule has 0 aromatic heterocycles. The van der Waals surface area contributed by atoms with Crippen molar-refractivity contribution < 1.29 is 14.9 Å². The molecule has 19 heavy (non-hydrogen) atoms. The monoisotopic (exact) mass is 263 g/mol. The summed E-state index contributed by atoms with van der Waals surface area (Å²) in [6.45, 7) is 5.49. The molecule has 1 aliphatic heterocycles. The molecule has 0 bridgehead atoms. The van der Waals surface area contributed by atoms with E-state index < -0.39 is 5.79 Å². The largest absolute Gasteiger partial charge is 0.395 e. The molecule has 0 aliphatic carbocycles. The van der Waals surface area contributed by atoms with Crippen LogP contribution < -0.4 is 0 Å². The van der Waals surface area contributed by atoms with Crippen LogP contribution in [0.4, 0.5) is 0 Å².